The molecule has 2 aromatic rings. The van der Waals surface area contributed by atoms with E-state index < -0.39 is 11.6 Å². The Labute approximate surface area is 144 Å². The van der Waals surface area contributed by atoms with E-state index in [1.807, 2.05) is 19.1 Å². The zero-order valence-electron chi connectivity index (χ0n) is 13.7. The molecule has 0 saturated carbocycles. The molecule has 130 valence electrons. The van der Waals surface area contributed by atoms with Gasteiger partial charge in [0.05, 0.1) is 12.2 Å². The smallest absolute Gasteiger partial charge is 0.336 e. The van der Waals surface area contributed by atoms with E-state index in [0.29, 0.717) is 29.9 Å². The molecule has 1 N–H and O–H groups in total. The van der Waals surface area contributed by atoms with Crippen molar-refractivity contribution in [3.05, 3.63) is 64.1 Å². The average Bonchev–Trinajstić information content (AvgIpc) is 2.93. The van der Waals surface area contributed by atoms with Crippen molar-refractivity contribution in [3.63, 3.8) is 0 Å². The Morgan fingerprint density at radius 2 is 2.08 bits per heavy atom. The number of esters is 1. The van der Waals surface area contributed by atoms with E-state index in [9.17, 15) is 9.59 Å². The summed E-state index contributed by atoms with van der Waals surface area (Å²) in [5, 5.41) is 9.84. The number of fused-ring (bicyclic) bond motifs is 1. The fraction of sp³-hybridized carbons (Fsp3) is 0.263. The molecule has 0 saturated heterocycles. The Morgan fingerprint density at radius 3 is 2.84 bits per heavy atom. The van der Waals surface area contributed by atoms with Crippen LogP contribution in [0.25, 0.3) is 11.0 Å². The van der Waals surface area contributed by atoms with Gasteiger partial charge in [0.1, 0.15) is 24.0 Å². The fourth-order valence-corrected chi connectivity index (χ4v) is 2.57. The van der Waals surface area contributed by atoms with Gasteiger partial charge in [0.2, 0.25) is 0 Å². The van der Waals surface area contributed by atoms with E-state index in [2.05, 4.69) is 0 Å². The summed E-state index contributed by atoms with van der Waals surface area (Å²) >= 11 is 0. The predicted molar refractivity (Wildman–Crippen MR) is 91.4 cm³/mol. The third-order valence-electron chi connectivity index (χ3n) is 3.88. The predicted octanol–water partition coefficient (Wildman–Crippen LogP) is 2.35. The summed E-state index contributed by atoms with van der Waals surface area (Å²) in [5.74, 6) is 0.134. The van der Waals surface area contributed by atoms with Crippen LogP contribution in [0, 0.1) is 0 Å². The van der Waals surface area contributed by atoms with Gasteiger partial charge in [-0.25, -0.2) is 9.59 Å². The number of aliphatic hydroxyl groups is 1. The minimum absolute atomic E-state index is 0.298. The molecule has 3 rings (SSSR count). The Morgan fingerprint density at radius 1 is 1.28 bits per heavy atom. The van der Waals surface area contributed by atoms with E-state index in [0.717, 1.165) is 11.0 Å². The van der Waals surface area contributed by atoms with Gasteiger partial charge in [-0.3, -0.25) is 0 Å². The summed E-state index contributed by atoms with van der Waals surface area (Å²) in [6.45, 7) is 1.95. The minimum atomic E-state index is -0.464. The molecule has 1 aromatic heterocycles. The van der Waals surface area contributed by atoms with Crippen LogP contribution in [-0.4, -0.2) is 30.4 Å². The van der Waals surface area contributed by atoms with E-state index in [1.165, 1.54) is 6.07 Å². The Bertz CT molecular complexity index is 906. The van der Waals surface area contributed by atoms with Gasteiger partial charge in [-0.1, -0.05) is 5.57 Å². The highest BCUT2D eigenvalue weighted by Crippen LogP contribution is 2.21. The van der Waals surface area contributed by atoms with Crippen LogP contribution in [-0.2, 0) is 9.53 Å². The zero-order chi connectivity index (χ0) is 17.8. The van der Waals surface area contributed by atoms with Crippen molar-refractivity contribution in [2.24, 2.45) is 0 Å². The van der Waals surface area contributed by atoms with Crippen LogP contribution in [0.4, 0.5) is 0 Å². The van der Waals surface area contributed by atoms with Gasteiger partial charge < -0.3 is 19.0 Å². The standard InChI is InChI=1S/C19H18O6/c1-12(8-16-9-14(11-20)19(22)24-16)6-7-23-15-4-2-13-3-5-18(21)25-17(13)10-15/h2-6,9-10,16,20H,7-8,11H2,1H3. The maximum absolute atomic E-state index is 11.4. The number of carbonyl (C=O) groups is 1. The highest BCUT2D eigenvalue weighted by atomic mass is 16.5. The molecule has 2 heterocycles. The molecule has 0 bridgehead atoms. The third-order valence-corrected chi connectivity index (χ3v) is 3.88. The Hall–Kier alpha value is -2.86. The normalized spacial score (nSPS) is 17.5. The molecule has 25 heavy (non-hydrogen) atoms. The van der Waals surface area contributed by atoms with Gasteiger partial charge in [-0.15, -0.1) is 0 Å². The molecule has 1 aliphatic rings. The van der Waals surface area contributed by atoms with Gasteiger partial charge in [0, 0.05) is 23.9 Å². The molecule has 1 atom stereocenters. The van der Waals surface area contributed by atoms with Gasteiger partial charge in [0.25, 0.3) is 0 Å². The van der Waals surface area contributed by atoms with E-state index in [-0.39, 0.29) is 12.7 Å². The molecular weight excluding hydrogens is 324 g/mol. The summed E-state index contributed by atoms with van der Waals surface area (Å²) in [6.07, 6.45) is 3.74. The number of hydrogen-bond donors (Lipinski definition) is 1. The van der Waals surface area contributed by atoms with Crippen LogP contribution in [0.3, 0.4) is 0 Å². The maximum Gasteiger partial charge on any atom is 0.336 e. The molecule has 0 radical (unpaired) electrons. The van der Waals surface area contributed by atoms with Crippen molar-refractivity contribution in [2.45, 2.75) is 19.4 Å². The average molecular weight is 342 g/mol. The molecule has 1 aromatic carbocycles. The highest BCUT2D eigenvalue weighted by Gasteiger charge is 2.24. The van der Waals surface area contributed by atoms with Gasteiger partial charge in [-0.2, -0.15) is 0 Å². The number of carbonyl (C=O) groups excluding carboxylic acids is 1. The van der Waals surface area contributed by atoms with Crippen LogP contribution in [0.1, 0.15) is 13.3 Å². The van der Waals surface area contributed by atoms with Crippen LogP contribution in [0.5, 0.6) is 5.75 Å². The van der Waals surface area contributed by atoms with Gasteiger partial charge in [-0.05, 0) is 37.3 Å². The van der Waals surface area contributed by atoms with Crippen LogP contribution >= 0.6 is 0 Å². The van der Waals surface area contributed by atoms with E-state index in [1.54, 1.807) is 24.3 Å². The van der Waals surface area contributed by atoms with Crippen LogP contribution in [0.15, 0.2) is 62.8 Å². The molecule has 0 amide bonds. The number of hydrogen-bond acceptors (Lipinski definition) is 6. The monoisotopic (exact) mass is 342 g/mol. The summed E-state index contributed by atoms with van der Waals surface area (Å²) in [6, 6.07) is 8.38. The topological polar surface area (TPSA) is 86.0 Å². The SMILES string of the molecule is CC(=CCOc1ccc2ccc(=O)oc2c1)CC1C=C(CO)C(=O)O1. The zero-order valence-corrected chi connectivity index (χ0v) is 13.7. The van der Waals surface area contributed by atoms with Crippen molar-refractivity contribution < 1.29 is 23.8 Å². The van der Waals surface area contributed by atoms with Crippen molar-refractivity contribution in [2.75, 3.05) is 13.2 Å². The van der Waals surface area contributed by atoms with Crippen molar-refractivity contribution in [1.82, 2.24) is 0 Å². The Kier molecular flexibility index (Phi) is 5.00. The second kappa shape index (κ2) is 7.36. The molecule has 1 aliphatic heterocycles. The highest BCUT2D eigenvalue weighted by molar-refractivity contribution is 5.91. The summed E-state index contributed by atoms with van der Waals surface area (Å²) < 4.78 is 15.9. The van der Waals surface area contributed by atoms with E-state index in [4.69, 9.17) is 19.0 Å². The molecule has 6 heteroatoms. The van der Waals surface area contributed by atoms with Gasteiger partial charge >= 0.3 is 11.6 Å². The first kappa shape index (κ1) is 17.0. The lowest BCUT2D eigenvalue weighted by atomic mass is 10.1. The first-order valence-electron chi connectivity index (χ1n) is 7.90. The number of rotatable bonds is 6. The first-order valence-corrected chi connectivity index (χ1v) is 7.90. The molecule has 0 aliphatic carbocycles. The van der Waals surface area contributed by atoms with Crippen molar-refractivity contribution in [3.8, 4) is 5.75 Å². The summed E-state index contributed by atoms with van der Waals surface area (Å²) in [4.78, 5) is 22.7. The first-order chi connectivity index (χ1) is 12.0. The lowest BCUT2D eigenvalue weighted by Gasteiger charge is -2.09. The maximum atomic E-state index is 11.4. The van der Waals surface area contributed by atoms with Crippen LogP contribution in [0.2, 0.25) is 0 Å². The Balaban J connectivity index is 1.58. The van der Waals surface area contributed by atoms with E-state index >= 15 is 0 Å². The molecule has 0 fully saturated rings. The lowest BCUT2D eigenvalue weighted by Crippen LogP contribution is -2.09. The van der Waals surface area contributed by atoms with Crippen molar-refractivity contribution >= 4 is 16.9 Å². The number of benzene rings is 1. The molecule has 1 unspecified atom stereocenters. The largest absolute Gasteiger partial charge is 0.489 e. The molecule has 6 nitrogen and oxygen atoms in total. The molecular formula is C19H18O6. The quantitative estimate of drug-likeness (QED) is 0.493. The number of ether oxygens (including phenoxy) is 2. The lowest BCUT2D eigenvalue weighted by molar-refractivity contribution is -0.139. The fourth-order valence-electron chi connectivity index (χ4n) is 2.57. The minimum Gasteiger partial charge on any atom is -0.489 e. The van der Waals surface area contributed by atoms with Gasteiger partial charge in [0.15, 0.2) is 0 Å². The second-order valence-electron chi connectivity index (χ2n) is 5.81. The molecule has 0 spiro atoms. The van der Waals surface area contributed by atoms with Crippen LogP contribution < -0.4 is 10.4 Å². The summed E-state index contributed by atoms with van der Waals surface area (Å²) in [7, 11) is 0. The second-order valence-corrected chi connectivity index (χ2v) is 5.81. The number of aliphatic hydroxyl groups excluding tert-OH is 1. The summed E-state index contributed by atoms with van der Waals surface area (Å²) in [5.41, 5.74) is 1.37. The van der Waals surface area contributed by atoms with Crippen molar-refractivity contribution in [1.29, 1.82) is 0 Å². The third kappa shape index (κ3) is 4.16. The number of cyclic esters (lactones) is 1.